The van der Waals surface area contributed by atoms with Gasteiger partial charge in [-0.2, -0.15) is 0 Å². The summed E-state index contributed by atoms with van der Waals surface area (Å²) < 4.78 is 0. The molecule has 0 spiro atoms. The quantitative estimate of drug-likeness (QED) is 0.651. The minimum Gasteiger partial charge on any atom is -0.478 e. The van der Waals surface area contributed by atoms with Crippen molar-refractivity contribution in [2.45, 2.75) is 6.42 Å². The van der Waals surface area contributed by atoms with Crippen LogP contribution in [-0.2, 0) is 11.2 Å². The number of nitrogens with one attached hydrogen (secondary N) is 1. The number of nitro groups is 1. The van der Waals surface area contributed by atoms with Crippen molar-refractivity contribution in [3.63, 3.8) is 0 Å². The second-order valence-corrected chi connectivity index (χ2v) is 4.53. The molecule has 0 aliphatic carbocycles. The maximum Gasteiger partial charge on any atom is 0.335 e. The Morgan fingerprint density at radius 1 is 1.14 bits per heavy atom. The van der Waals surface area contributed by atoms with E-state index < -0.39 is 10.9 Å². The van der Waals surface area contributed by atoms with Crippen molar-refractivity contribution in [3.05, 3.63) is 69.8 Å². The Morgan fingerprint density at radius 2 is 1.82 bits per heavy atom. The van der Waals surface area contributed by atoms with Crippen molar-refractivity contribution in [1.29, 1.82) is 0 Å². The van der Waals surface area contributed by atoms with Crippen LogP contribution in [0, 0.1) is 10.1 Å². The van der Waals surface area contributed by atoms with E-state index in [0.717, 1.165) is 0 Å². The highest BCUT2D eigenvalue weighted by molar-refractivity contribution is 5.94. The minimum atomic E-state index is -1.08. The van der Waals surface area contributed by atoms with Gasteiger partial charge in [-0.1, -0.05) is 18.2 Å². The van der Waals surface area contributed by atoms with E-state index in [1.807, 2.05) is 0 Å². The maximum atomic E-state index is 11.9. The summed E-state index contributed by atoms with van der Waals surface area (Å²) in [6.07, 6.45) is 0.0370. The molecule has 1 amide bonds. The number of hydrogen-bond acceptors (Lipinski definition) is 4. The molecule has 22 heavy (non-hydrogen) atoms. The number of non-ortho nitro benzene ring substituents is 1. The molecule has 0 radical (unpaired) electrons. The summed E-state index contributed by atoms with van der Waals surface area (Å²) in [4.78, 5) is 32.8. The Balaban J connectivity index is 2.02. The zero-order chi connectivity index (χ0) is 16.1. The predicted molar refractivity (Wildman–Crippen MR) is 78.8 cm³/mol. The topological polar surface area (TPSA) is 110 Å². The van der Waals surface area contributed by atoms with Gasteiger partial charge in [0.1, 0.15) is 0 Å². The van der Waals surface area contributed by atoms with E-state index in [9.17, 15) is 19.7 Å². The number of amides is 1. The van der Waals surface area contributed by atoms with Crippen LogP contribution < -0.4 is 5.32 Å². The van der Waals surface area contributed by atoms with Crippen molar-refractivity contribution >= 4 is 23.3 Å². The van der Waals surface area contributed by atoms with E-state index in [4.69, 9.17) is 5.11 Å². The van der Waals surface area contributed by atoms with Crippen LogP contribution in [0.1, 0.15) is 15.9 Å². The molecule has 0 atom stereocenters. The number of carboxylic acids is 1. The minimum absolute atomic E-state index is 0.0370. The fourth-order valence-corrected chi connectivity index (χ4v) is 1.86. The molecule has 2 N–H and O–H groups in total. The van der Waals surface area contributed by atoms with Crippen molar-refractivity contribution in [1.82, 2.24) is 0 Å². The average Bonchev–Trinajstić information content (AvgIpc) is 2.47. The fourth-order valence-electron chi connectivity index (χ4n) is 1.86. The fraction of sp³-hybridized carbons (Fsp3) is 0.0667. The summed E-state index contributed by atoms with van der Waals surface area (Å²) in [5, 5.41) is 22.0. The molecule has 0 saturated heterocycles. The summed E-state index contributed by atoms with van der Waals surface area (Å²) in [5.41, 5.74) is 1.04. The Labute approximate surface area is 125 Å². The summed E-state index contributed by atoms with van der Waals surface area (Å²) in [5.74, 6) is -1.41. The normalized spacial score (nSPS) is 10.0. The van der Waals surface area contributed by atoms with Crippen LogP contribution in [0.5, 0.6) is 0 Å². The van der Waals surface area contributed by atoms with Crippen LogP contribution >= 0.6 is 0 Å². The lowest BCUT2D eigenvalue weighted by atomic mass is 10.1. The Morgan fingerprint density at radius 3 is 2.41 bits per heavy atom. The zero-order valence-electron chi connectivity index (χ0n) is 11.4. The van der Waals surface area contributed by atoms with Crippen LogP contribution in [0.2, 0.25) is 0 Å². The van der Waals surface area contributed by atoms with Crippen molar-refractivity contribution in [2.24, 2.45) is 0 Å². The molecule has 7 nitrogen and oxygen atoms in total. The van der Waals surface area contributed by atoms with Crippen LogP contribution in [0.3, 0.4) is 0 Å². The highest BCUT2D eigenvalue weighted by Gasteiger charge is 2.09. The Kier molecular flexibility index (Phi) is 4.47. The molecule has 0 unspecified atom stereocenters. The molecule has 112 valence electrons. The Hall–Kier alpha value is -3.22. The van der Waals surface area contributed by atoms with Gasteiger partial charge in [-0.25, -0.2) is 4.79 Å². The van der Waals surface area contributed by atoms with Crippen LogP contribution in [0.25, 0.3) is 0 Å². The molecule has 7 heteroatoms. The maximum absolute atomic E-state index is 11.9. The highest BCUT2D eigenvalue weighted by Crippen LogP contribution is 2.14. The molecule has 0 aliphatic heterocycles. The third-order valence-electron chi connectivity index (χ3n) is 2.91. The van der Waals surface area contributed by atoms with Gasteiger partial charge < -0.3 is 10.4 Å². The van der Waals surface area contributed by atoms with Gasteiger partial charge in [0.25, 0.3) is 5.69 Å². The first-order valence-corrected chi connectivity index (χ1v) is 6.32. The third-order valence-corrected chi connectivity index (χ3v) is 2.91. The monoisotopic (exact) mass is 300 g/mol. The van der Waals surface area contributed by atoms with E-state index in [0.29, 0.717) is 11.3 Å². The van der Waals surface area contributed by atoms with Crippen molar-refractivity contribution < 1.29 is 19.6 Å². The smallest absolute Gasteiger partial charge is 0.335 e. The molecule has 0 aromatic heterocycles. The molecule has 2 aromatic carbocycles. The lowest BCUT2D eigenvalue weighted by Crippen LogP contribution is -2.14. The summed E-state index contributed by atoms with van der Waals surface area (Å²) in [6, 6.07) is 11.6. The third kappa shape index (κ3) is 3.89. The number of benzene rings is 2. The molecule has 0 heterocycles. The van der Waals surface area contributed by atoms with E-state index in [1.54, 1.807) is 6.07 Å². The highest BCUT2D eigenvalue weighted by atomic mass is 16.6. The van der Waals surface area contributed by atoms with Crippen molar-refractivity contribution in [2.75, 3.05) is 5.32 Å². The first-order chi connectivity index (χ1) is 10.5. The summed E-state index contributed by atoms with van der Waals surface area (Å²) in [7, 11) is 0. The molecule has 0 saturated carbocycles. The number of rotatable bonds is 5. The standard InChI is InChI=1S/C15H12N2O5/c18-14(8-10-4-6-13(7-5-10)17(21)22)16-12-3-1-2-11(9-12)15(19)20/h1-7,9H,8H2,(H,16,18)(H,19,20). The SMILES string of the molecule is O=C(Cc1ccc([N+](=O)[O-])cc1)Nc1cccc(C(=O)O)c1. The predicted octanol–water partition coefficient (Wildman–Crippen LogP) is 2.47. The van der Waals surface area contributed by atoms with Crippen LogP contribution in [0.15, 0.2) is 48.5 Å². The molecule has 2 aromatic rings. The largest absolute Gasteiger partial charge is 0.478 e. The number of nitro benzene ring substituents is 1. The lowest BCUT2D eigenvalue weighted by Gasteiger charge is -2.06. The number of anilines is 1. The summed E-state index contributed by atoms with van der Waals surface area (Å²) >= 11 is 0. The van der Waals surface area contributed by atoms with Gasteiger partial charge in [-0.15, -0.1) is 0 Å². The van der Waals surface area contributed by atoms with Gasteiger partial charge in [0.15, 0.2) is 0 Å². The summed E-state index contributed by atoms with van der Waals surface area (Å²) in [6.45, 7) is 0. The second-order valence-electron chi connectivity index (χ2n) is 4.53. The molecule has 0 fully saturated rings. The van der Waals surface area contributed by atoms with Gasteiger partial charge >= 0.3 is 5.97 Å². The van der Waals surface area contributed by atoms with E-state index in [-0.39, 0.29) is 23.6 Å². The number of aromatic carboxylic acids is 1. The number of carboxylic acid groups (broad SMARTS) is 1. The van der Waals surface area contributed by atoms with Gasteiger partial charge in [0, 0.05) is 17.8 Å². The lowest BCUT2D eigenvalue weighted by molar-refractivity contribution is -0.384. The molecule has 2 rings (SSSR count). The molecule has 0 bridgehead atoms. The molecule has 0 aliphatic rings. The zero-order valence-corrected chi connectivity index (χ0v) is 11.4. The van der Waals surface area contributed by atoms with E-state index >= 15 is 0 Å². The molecular formula is C15H12N2O5. The van der Waals surface area contributed by atoms with Gasteiger partial charge in [-0.05, 0) is 23.8 Å². The second kappa shape index (κ2) is 6.49. The van der Waals surface area contributed by atoms with Crippen molar-refractivity contribution in [3.8, 4) is 0 Å². The van der Waals surface area contributed by atoms with Gasteiger partial charge in [0.05, 0.1) is 16.9 Å². The number of hydrogen-bond donors (Lipinski definition) is 2. The number of nitrogens with zero attached hydrogens (tertiary/aromatic N) is 1. The average molecular weight is 300 g/mol. The van der Waals surface area contributed by atoms with E-state index in [1.165, 1.54) is 42.5 Å². The van der Waals surface area contributed by atoms with E-state index in [2.05, 4.69) is 5.32 Å². The number of carbonyl (C=O) groups excluding carboxylic acids is 1. The van der Waals surface area contributed by atoms with Gasteiger partial charge in [-0.3, -0.25) is 14.9 Å². The van der Waals surface area contributed by atoms with Crippen LogP contribution in [-0.4, -0.2) is 21.9 Å². The van der Waals surface area contributed by atoms with Crippen LogP contribution in [0.4, 0.5) is 11.4 Å². The molecular weight excluding hydrogens is 288 g/mol. The van der Waals surface area contributed by atoms with Gasteiger partial charge in [0.2, 0.25) is 5.91 Å². The Bertz CT molecular complexity index is 725. The number of carbonyl (C=O) groups is 2. The first kappa shape index (κ1) is 15.2. The first-order valence-electron chi connectivity index (χ1n) is 6.32.